The number of ether oxygens (including phenoxy) is 1. The van der Waals surface area contributed by atoms with Crippen molar-refractivity contribution in [2.75, 3.05) is 19.7 Å². The highest BCUT2D eigenvalue weighted by Gasteiger charge is 2.30. The molecule has 1 aromatic carbocycles. The maximum absolute atomic E-state index is 12.2. The molecule has 0 unspecified atom stereocenters. The van der Waals surface area contributed by atoms with E-state index in [0.717, 1.165) is 0 Å². The molecule has 0 bridgehead atoms. The van der Waals surface area contributed by atoms with Gasteiger partial charge in [0.25, 0.3) is 5.91 Å². The summed E-state index contributed by atoms with van der Waals surface area (Å²) in [6.45, 7) is 6.97. The number of nitrogens with two attached hydrogens (primary N) is 1. The third kappa shape index (κ3) is 4.95. The lowest BCUT2D eigenvalue weighted by atomic mass is 9.87. The van der Waals surface area contributed by atoms with Crippen LogP contribution in [0.25, 0.3) is 0 Å². The van der Waals surface area contributed by atoms with Gasteiger partial charge in [0.15, 0.2) is 6.61 Å². The molecule has 1 amide bonds. The number of primary sulfonamides is 1. The lowest BCUT2D eigenvalue weighted by Gasteiger charge is -2.31. The van der Waals surface area contributed by atoms with Gasteiger partial charge in [-0.05, 0) is 36.0 Å². The Kier molecular flexibility index (Phi) is 5.55. The quantitative estimate of drug-likeness (QED) is 0.890. The first-order chi connectivity index (χ1) is 11.1. The van der Waals surface area contributed by atoms with Crippen LogP contribution in [0.15, 0.2) is 24.3 Å². The minimum Gasteiger partial charge on any atom is -0.484 e. The van der Waals surface area contributed by atoms with Crippen molar-refractivity contribution in [2.24, 2.45) is 5.14 Å². The monoisotopic (exact) mass is 354 g/mol. The van der Waals surface area contributed by atoms with Crippen molar-refractivity contribution in [3.8, 4) is 5.75 Å². The number of hydrogen-bond donors (Lipinski definition) is 1. The molecule has 0 aromatic heterocycles. The van der Waals surface area contributed by atoms with Crippen molar-refractivity contribution in [3.05, 3.63) is 29.8 Å². The lowest BCUT2D eigenvalue weighted by molar-refractivity contribution is -0.134. The van der Waals surface area contributed by atoms with E-state index in [1.807, 2.05) is 24.3 Å². The average molecular weight is 354 g/mol. The van der Waals surface area contributed by atoms with Gasteiger partial charge in [0, 0.05) is 13.1 Å². The van der Waals surface area contributed by atoms with Crippen LogP contribution in [0.5, 0.6) is 5.75 Å². The molecule has 0 aliphatic carbocycles. The molecule has 1 aliphatic heterocycles. The van der Waals surface area contributed by atoms with E-state index in [0.29, 0.717) is 25.1 Å². The zero-order valence-corrected chi connectivity index (χ0v) is 15.3. The Morgan fingerprint density at radius 2 is 1.92 bits per heavy atom. The van der Waals surface area contributed by atoms with Gasteiger partial charge < -0.3 is 9.64 Å². The summed E-state index contributed by atoms with van der Waals surface area (Å²) in [6.07, 6.45) is 1.13. The lowest BCUT2D eigenvalue weighted by Crippen LogP contribution is -2.48. The van der Waals surface area contributed by atoms with E-state index in [-0.39, 0.29) is 24.5 Å². The van der Waals surface area contributed by atoms with E-state index in [1.54, 1.807) is 0 Å². The summed E-state index contributed by atoms with van der Waals surface area (Å²) in [7, 11) is -3.61. The van der Waals surface area contributed by atoms with Gasteiger partial charge in [-0.3, -0.25) is 4.79 Å². The Morgan fingerprint density at radius 3 is 2.46 bits per heavy atom. The van der Waals surface area contributed by atoms with E-state index in [9.17, 15) is 13.2 Å². The van der Waals surface area contributed by atoms with Crippen molar-refractivity contribution in [3.63, 3.8) is 0 Å². The minimum absolute atomic E-state index is 0.0604. The van der Waals surface area contributed by atoms with Crippen LogP contribution in [0.1, 0.15) is 39.2 Å². The van der Waals surface area contributed by atoms with Crippen LogP contribution >= 0.6 is 0 Å². The van der Waals surface area contributed by atoms with E-state index in [2.05, 4.69) is 20.8 Å². The highest BCUT2D eigenvalue weighted by Crippen LogP contribution is 2.24. The largest absolute Gasteiger partial charge is 0.484 e. The molecular formula is C17H26N2O4S. The Hall–Kier alpha value is -1.60. The maximum atomic E-state index is 12.2. The van der Waals surface area contributed by atoms with Gasteiger partial charge in [0.2, 0.25) is 10.0 Å². The summed E-state index contributed by atoms with van der Waals surface area (Å²) in [5.74, 6) is 0.402. The topological polar surface area (TPSA) is 89.7 Å². The fourth-order valence-electron chi connectivity index (χ4n) is 2.72. The van der Waals surface area contributed by atoms with Crippen molar-refractivity contribution >= 4 is 15.9 Å². The van der Waals surface area contributed by atoms with Gasteiger partial charge in [-0.1, -0.05) is 32.9 Å². The number of likely N-dealkylation sites (tertiary alicyclic amines) is 1. The molecule has 1 fully saturated rings. The Morgan fingerprint density at radius 1 is 1.29 bits per heavy atom. The van der Waals surface area contributed by atoms with Crippen LogP contribution in [-0.4, -0.2) is 44.2 Å². The summed E-state index contributed by atoms with van der Waals surface area (Å²) in [6, 6.07) is 7.66. The Bertz CT molecular complexity index is 678. The van der Waals surface area contributed by atoms with Crippen LogP contribution in [0, 0.1) is 0 Å². The second kappa shape index (κ2) is 7.11. The van der Waals surface area contributed by atoms with Gasteiger partial charge in [-0.15, -0.1) is 0 Å². The molecule has 1 aliphatic rings. The fraction of sp³-hybridized carbons (Fsp3) is 0.588. The number of carbonyl (C=O) groups excluding carboxylic acids is 1. The van der Waals surface area contributed by atoms with Crippen LogP contribution in [0.2, 0.25) is 0 Å². The third-order valence-electron chi connectivity index (χ3n) is 4.28. The number of hydrogen-bond acceptors (Lipinski definition) is 4. The zero-order valence-electron chi connectivity index (χ0n) is 14.5. The number of benzene rings is 1. The fourth-order valence-corrected chi connectivity index (χ4v) is 3.60. The van der Waals surface area contributed by atoms with Crippen molar-refractivity contribution < 1.29 is 17.9 Å². The molecule has 0 spiro atoms. The standard InChI is InChI=1S/C17H26N2O4S/c1-17(2,3)13-6-8-14(9-7-13)23-12-16(20)19-10-4-5-15(11-19)24(18,21)22/h6-9,15H,4-5,10-12H2,1-3H3,(H2,18,21,22)/t15-/m1/s1. The van der Waals surface area contributed by atoms with E-state index >= 15 is 0 Å². The van der Waals surface area contributed by atoms with E-state index in [4.69, 9.17) is 9.88 Å². The summed E-state index contributed by atoms with van der Waals surface area (Å²) in [4.78, 5) is 13.8. The van der Waals surface area contributed by atoms with Gasteiger partial charge in [0.1, 0.15) is 5.75 Å². The molecule has 6 nitrogen and oxygen atoms in total. The minimum atomic E-state index is -3.61. The number of nitrogens with zero attached hydrogens (tertiary/aromatic N) is 1. The van der Waals surface area contributed by atoms with Crippen LogP contribution in [-0.2, 0) is 20.2 Å². The smallest absolute Gasteiger partial charge is 0.260 e. The Balaban J connectivity index is 1.91. The summed E-state index contributed by atoms with van der Waals surface area (Å²) >= 11 is 0. The molecule has 1 heterocycles. The number of rotatable bonds is 4. The first-order valence-electron chi connectivity index (χ1n) is 8.10. The van der Waals surface area contributed by atoms with Crippen molar-refractivity contribution in [1.29, 1.82) is 0 Å². The third-order valence-corrected chi connectivity index (χ3v) is 5.59. The molecular weight excluding hydrogens is 328 g/mol. The summed E-state index contributed by atoms with van der Waals surface area (Å²) in [5, 5.41) is 4.51. The first kappa shape index (κ1) is 18.7. The molecule has 0 radical (unpaired) electrons. The first-order valence-corrected chi connectivity index (χ1v) is 9.71. The SMILES string of the molecule is CC(C)(C)c1ccc(OCC(=O)N2CCC[C@@H](S(N)(=O)=O)C2)cc1. The molecule has 1 saturated heterocycles. The van der Waals surface area contributed by atoms with Gasteiger partial charge in [0.05, 0.1) is 5.25 Å². The summed E-state index contributed by atoms with van der Waals surface area (Å²) in [5.41, 5.74) is 1.25. The van der Waals surface area contributed by atoms with Crippen LogP contribution in [0.4, 0.5) is 0 Å². The van der Waals surface area contributed by atoms with Gasteiger partial charge >= 0.3 is 0 Å². The molecule has 0 saturated carbocycles. The highest BCUT2D eigenvalue weighted by atomic mass is 32.2. The molecule has 1 atom stereocenters. The average Bonchev–Trinajstić information content (AvgIpc) is 2.51. The molecule has 1 aromatic rings. The van der Waals surface area contributed by atoms with Crippen molar-refractivity contribution in [1.82, 2.24) is 4.90 Å². The zero-order chi connectivity index (χ0) is 18.0. The number of amides is 1. The molecule has 7 heteroatoms. The van der Waals surface area contributed by atoms with Crippen LogP contribution in [0.3, 0.4) is 0 Å². The predicted molar refractivity (Wildman–Crippen MR) is 93.3 cm³/mol. The molecule has 2 rings (SSSR count). The van der Waals surface area contributed by atoms with E-state index < -0.39 is 15.3 Å². The van der Waals surface area contributed by atoms with E-state index in [1.165, 1.54) is 10.5 Å². The molecule has 24 heavy (non-hydrogen) atoms. The number of carbonyl (C=O) groups is 1. The molecule has 134 valence electrons. The predicted octanol–water partition coefficient (Wildman–Crippen LogP) is 1.64. The molecule has 2 N–H and O–H groups in total. The Labute approximate surface area is 144 Å². The second-order valence-corrected chi connectivity index (χ2v) is 9.10. The van der Waals surface area contributed by atoms with Crippen molar-refractivity contribution in [2.45, 2.75) is 44.3 Å². The highest BCUT2D eigenvalue weighted by molar-refractivity contribution is 7.89. The number of piperidine rings is 1. The number of sulfonamides is 1. The maximum Gasteiger partial charge on any atom is 0.260 e. The van der Waals surface area contributed by atoms with Gasteiger partial charge in [-0.2, -0.15) is 0 Å². The normalized spacial score (nSPS) is 19.2. The summed E-state index contributed by atoms with van der Waals surface area (Å²) < 4.78 is 28.4. The van der Waals surface area contributed by atoms with Crippen LogP contribution < -0.4 is 9.88 Å². The second-order valence-electron chi connectivity index (χ2n) is 7.26. The van der Waals surface area contributed by atoms with Gasteiger partial charge in [-0.25, -0.2) is 13.6 Å².